The quantitative estimate of drug-likeness (QED) is 0.230. The topological polar surface area (TPSA) is 12.0 Å². The number of rotatable bonds is 17. The molecule has 0 saturated heterocycles. The van der Waals surface area contributed by atoms with Crippen LogP contribution in [0, 0.1) is 0 Å². The smallest absolute Gasteiger partial charge is 0.00489 e. The number of unbranched alkanes of at least 4 members (excludes halogenated alkanes) is 9. The van der Waals surface area contributed by atoms with E-state index in [1.54, 1.807) is 0 Å². The van der Waals surface area contributed by atoms with E-state index in [1.165, 1.54) is 90.1 Å². The maximum absolute atomic E-state index is 3.47. The summed E-state index contributed by atoms with van der Waals surface area (Å²) in [6, 6.07) is 0. The van der Waals surface area contributed by atoms with E-state index in [1.807, 2.05) is 0 Å². The summed E-state index contributed by atoms with van der Waals surface area (Å²) in [7, 11) is 0. The molecule has 1 N–H and O–H groups in total. The lowest BCUT2D eigenvalue weighted by Crippen LogP contribution is -2.15. The molecule has 130 valence electrons. The summed E-state index contributed by atoms with van der Waals surface area (Å²) in [5.41, 5.74) is 0. The Morgan fingerprint density at radius 1 is 0.545 bits per heavy atom. The second-order valence-electron chi connectivity index (χ2n) is 6.33. The van der Waals surface area contributed by atoms with E-state index in [2.05, 4.69) is 43.5 Å². The predicted molar refractivity (Wildman–Crippen MR) is 103 cm³/mol. The maximum atomic E-state index is 3.47. The summed E-state index contributed by atoms with van der Waals surface area (Å²) >= 11 is 0. The van der Waals surface area contributed by atoms with Gasteiger partial charge < -0.3 is 5.32 Å². The molecular weight excluding hydrogens is 266 g/mol. The SMILES string of the molecule is CCCCC/C=C\C/C=C\CCCCCCCCNCCC. The zero-order valence-corrected chi connectivity index (χ0v) is 15.4. The summed E-state index contributed by atoms with van der Waals surface area (Å²) in [6.07, 6.45) is 26.6. The Balaban J connectivity index is 3.11. The molecule has 0 aromatic heterocycles. The highest BCUT2D eigenvalue weighted by Crippen LogP contribution is 2.07. The standard InChI is InChI=1S/C21H41N/c1-3-5-6-7-8-9-10-11-12-13-14-15-16-17-18-19-21-22-20-4-2/h8-9,11-12,22H,3-7,10,13-21H2,1-2H3/b9-8-,12-11-. The Hall–Kier alpha value is -0.560. The molecule has 0 fully saturated rings. The molecule has 1 nitrogen and oxygen atoms in total. The second kappa shape index (κ2) is 20.4. The lowest BCUT2D eigenvalue weighted by molar-refractivity contribution is 0.565. The Bertz CT molecular complexity index is 242. The van der Waals surface area contributed by atoms with Gasteiger partial charge in [0.15, 0.2) is 0 Å². The highest BCUT2D eigenvalue weighted by molar-refractivity contribution is 4.92. The van der Waals surface area contributed by atoms with Gasteiger partial charge in [-0.3, -0.25) is 0 Å². The minimum Gasteiger partial charge on any atom is -0.317 e. The van der Waals surface area contributed by atoms with Crippen LogP contribution >= 0.6 is 0 Å². The third-order valence-electron chi connectivity index (χ3n) is 3.98. The van der Waals surface area contributed by atoms with Crippen molar-refractivity contribution in [2.75, 3.05) is 13.1 Å². The van der Waals surface area contributed by atoms with Gasteiger partial charge in [-0.2, -0.15) is 0 Å². The molecule has 0 amide bonds. The normalized spacial score (nSPS) is 11.9. The van der Waals surface area contributed by atoms with Crippen molar-refractivity contribution in [2.45, 2.75) is 97.3 Å². The molecule has 0 unspecified atom stereocenters. The second-order valence-corrected chi connectivity index (χ2v) is 6.33. The van der Waals surface area contributed by atoms with Gasteiger partial charge in [0.25, 0.3) is 0 Å². The zero-order valence-electron chi connectivity index (χ0n) is 15.4. The maximum Gasteiger partial charge on any atom is -0.00489 e. The fraction of sp³-hybridized carbons (Fsp3) is 0.810. The fourth-order valence-corrected chi connectivity index (χ4v) is 2.54. The molecular formula is C21H41N. The van der Waals surface area contributed by atoms with E-state index in [-0.39, 0.29) is 0 Å². The van der Waals surface area contributed by atoms with Crippen LogP contribution in [0.1, 0.15) is 97.3 Å². The average molecular weight is 308 g/mol. The summed E-state index contributed by atoms with van der Waals surface area (Å²) in [4.78, 5) is 0. The minimum atomic E-state index is 1.12. The van der Waals surface area contributed by atoms with Gasteiger partial charge in [0.2, 0.25) is 0 Å². The van der Waals surface area contributed by atoms with Gasteiger partial charge in [-0.05, 0) is 58.0 Å². The molecule has 22 heavy (non-hydrogen) atoms. The van der Waals surface area contributed by atoms with E-state index in [0.29, 0.717) is 0 Å². The summed E-state index contributed by atoms with van der Waals surface area (Å²) in [5.74, 6) is 0. The lowest BCUT2D eigenvalue weighted by Gasteiger charge is -2.02. The van der Waals surface area contributed by atoms with Gasteiger partial charge in [-0.15, -0.1) is 0 Å². The number of hydrogen-bond donors (Lipinski definition) is 1. The van der Waals surface area contributed by atoms with Gasteiger partial charge in [-0.25, -0.2) is 0 Å². The monoisotopic (exact) mass is 307 g/mol. The van der Waals surface area contributed by atoms with Crippen molar-refractivity contribution in [1.82, 2.24) is 5.32 Å². The Morgan fingerprint density at radius 2 is 1.14 bits per heavy atom. The number of nitrogens with one attached hydrogen (secondary N) is 1. The summed E-state index contributed by atoms with van der Waals surface area (Å²) in [5, 5.41) is 3.47. The molecule has 0 saturated carbocycles. The Labute approximate surface area is 140 Å². The third-order valence-corrected chi connectivity index (χ3v) is 3.98. The van der Waals surface area contributed by atoms with Crippen molar-refractivity contribution in [3.05, 3.63) is 24.3 Å². The molecule has 0 bridgehead atoms. The molecule has 1 heteroatoms. The van der Waals surface area contributed by atoms with E-state index in [9.17, 15) is 0 Å². The molecule has 0 radical (unpaired) electrons. The first-order valence-electron chi connectivity index (χ1n) is 9.92. The number of hydrogen-bond acceptors (Lipinski definition) is 1. The van der Waals surface area contributed by atoms with E-state index in [0.717, 1.165) is 6.42 Å². The van der Waals surface area contributed by atoms with Gasteiger partial charge in [-0.1, -0.05) is 76.7 Å². The molecule has 0 rings (SSSR count). The largest absolute Gasteiger partial charge is 0.317 e. The van der Waals surface area contributed by atoms with Crippen molar-refractivity contribution in [3.63, 3.8) is 0 Å². The predicted octanol–water partition coefficient (Wildman–Crippen LogP) is 6.80. The molecule has 0 aliphatic carbocycles. The minimum absolute atomic E-state index is 1.12. The summed E-state index contributed by atoms with van der Waals surface area (Å²) in [6.45, 7) is 6.88. The number of allylic oxidation sites excluding steroid dienone is 4. The van der Waals surface area contributed by atoms with Crippen molar-refractivity contribution in [1.29, 1.82) is 0 Å². The van der Waals surface area contributed by atoms with E-state index >= 15 is 0 Å². The van der Waals surface area contributed by atoms with Crippen molar-refractivity contribution in [2.24, 2.45) is 0 Å². The van der Waals surface area contributed by atoms with E-state index in [4.69, 9.17) is 0 Å². The molecule has 0 aliphatic heterocycles. The van der Waals surface area contributed by atoms with Gasteiger partial charge >= 0.3 is 0 Å². The van der Waals surface area contributed by atoms with Crippen LogP contribution < -0.4 is 5.32 Å². The summed E-state index contributed by atoms with van der Waals surface area (Å²) < 4.78 is 0. The van der Waals surface area contributed by atoms with Crippen LogP contribution in [0.5, 0.6) is 0 Å². The van der Waals surface area contributed by atoms with Crippen LogP contribution in [-0.2, 0) is 0 Å². The molecule has 0 aromatic carbocycles. The first-order valence-corrected chi connectivity index (χ1v) is 9.92. The Kier molecular flexibility index (Phi) is 19.9. The van der Waals surface area contributed by atoms with Crippen LogP contribution in [-0.4, -0.2) is 13.1 Å². The average Bonchev–Trinajstić information content (AvgIpc) is 2.54. The van der Waals surface area contributed by atoms with E-state index < -0.39 is 0 Å². The first-order chi connectivity index (χ1) is 10.9. The molecule has 0 aliphatic rings. The molecule has 0 aromatic rings. The van der Waals surface area contributed by atoms with Crippen LogP contribution in [0.15, 0.2) is 24.3 Å². The lowest BCUT2D eigenvalue weighted by atomic mass is 10.1. The van der Waals surface area contributed by atoms with Crippen LogP contribution in [0.2, 0.25) is 0 Å². The van der Waals surface area contributed by atoms with Gasteiger partial charge in [0.1, 0.15) is 0 Å². The van der Waals surface area contributed by atoms with Crippen molar-refractivity contribution >= 4 is 0 Å². The van der Waals surface area contributed by atoms with Crippen LogP contribution in [0.25, 0.3) is 0 Å². The first kappa shape index (κ1) is 21.4. The Morgan fingerprint density at radius 3 is 1.77 bits per heavy atom. The highest BCUT2D eigenvalue weighted by Gasteiger charge is 1.91. The third kappa shape index (κ3) is 19.4. The van der Waals surface area contributed by atoms with Crippen LogP contribution in [0.3, 0.4) is 0 Å². The zero-order chi connectivity index (χ0) is 16.1. The van der Waals surface area contributed by atoms with Crippen LogP contribution in [0.4, 0.5) is 0 Å². The van der Waals surface area contributed by atoms with Crippen molar-refractivity contribution in [3.8, 4) is 0 Å². The molecule has 0 spiro atoms. The molecule has 0 heterocycles. The highest BCUT2D eigenvalue weighted by atomic mass is 14.8. The van der Waals surface area contributed by atoms with Crippen molar-refractivity contribution < 1.29 is 0 Å². The fourth-order valence-electron chi connectivity index (χ4n) is 2.54. The molecule has 0 atom stereocenters. The van der Waals surface area contributed by atoms with Gasteiger partial charge in [0.05, 0.1) is 0 Å². The van der Waals surface area contributed by atoms with Gasteiger partial charge in [0, 0.05) is 0 Å².